The highest BCUT2D eigenvalue weighted by atomic mass is 79.9. The average molecular weight is 283 g/mol. The average Bonchev–Trinajstić information content (AvgIpc) is 2.33. The molecule has 0 unspecified atom stereocenters. The van der Waals surface area contributed by atoms with E-state index < -0.39 is 0 Å². The van der Waals surface area contributed by atoms with E-state index in [9.17, 15) is 4.39 Å². The van der Waals surface area contributed by atoms with Crippen LogP contribution in [0.4, 0.5) is 4.39 Å². The van der Waals surface area contributed by atoms with Crippen LogP contribution in [-0.4, -0.2) is 13.3 Å². The van der Waals surface area contributed by atoms with Gasteiger partial charge in [0.2, 0.25) is 0 Å². The molecule has 2 aromatic carbocycles. The number of fused-ring (bicyclic) bond motifs is 1. The van der Waals surface area contributed by atoms with E-state index in [1.807, 2.05) is 36.4 Å². The smallest absolute Gasteiger partial charge is 0.134 e. The molecule has 0 spiro atoms. The van der Waals surface area contributed by atoms with Gasteiger partial charge in [-0.1, -0.05) is 30.3 Å². The first-order valence-corrected chi connectivity index (χ1v) is 5.98. The summed E-state index contributed by atoms with van der Waals surface area (Å²) in [7, 11) is 0. The monoisotopic (exact) mass is 282 g/mol. The highest BCUT2D eigenvalue weighted by Gasteiger charge is 2.05. The summed E-state index contributed by atoms with van der Waals surface area (Å²) in [6.07, 6.45) is 0.430. The van der Waals surface area contributed by atoms with Gasteiger partial charge >= 0.3 is 0 Å². The zero-order chi connectivity index (χ0) is 11.4. The standard InChI is InChI=1S/C13H12BrFO/c14-13-11-5-2-1-4-10(11)6-7-12(13)16-9-3-8-15/h1-2,4-7H,3,8-9H2. The summed E-state index contributed by atoms with van der Waals surface area (Å²) < 4.78 is 18.4. The lowest BCUT2D eigenvalue weighted by Crippen LogP contribution is -1.98. The Balaban J connectivity index is 2.29. The minimum atomic E-state index is -0.342. The topological polar surface area (TPSA) is 9.23 Å². The Morgan fingerprint density at radius 1 is 1.12 bits per heavy atom. The highest BCUT2D eigenvalue weighted by molar-refractivity contribution is 9.10. The fraction of sp³-hybridized carbons (Fsp3) is 0.231. The third-order valence-electron chi connectivity index (χ3n) is 2.36. The molecule has 0 aliphatic carbocycles. The molecule has 0 radical (unpaired) electrons. The van der Waals surface area contributed by atoms with Crippen molar-refractivity contribution in [2.24, 2.45) is 0 Å². The molecule has 0 bridgehead atoms. The number of alkyl halides is 1. The molecule has 0 amide bonds. The van der Waals surface area contributed by atoms with Crippen molar-refractivity contribution in [3.8, 4) is 5.75 Å². The molecule has 0 aliphatic rings. The van der Waals surface area contributed by atoms with Gasteiger partial charge in [-0.05, 0) is 32.8 Å². The van der Waals surface area contributed by atoms with Gasteiger partial charge in [-0.3, -0.25) is 4.39 Å². The van der Waals surface area contributed by atoms with E-state index in [-0.39, 0.29) is 6.67 Å². The van der Waals surface area contributed by atoms with Crippen LogP contribution in [0, 0.1) is 0 Å². The van der Waals surface area contributed by atoms with Gasteiger partial charge < -0.3 is 4.74 Å². The molecular weight excluding hydrogens is 271 g/mol. The van der Waals surface area contributed by atoms with Crippen LogP contribution in [0.2, 0.25) is 0 Å². The molecule has 0 saturated carbocycles. The first-order chi connectivity index (χ1) is 7.83. The summed E-state index contributed by atoms with van der Waals surface area (Å²) >= 11 is 3.52. The number of ether oxygens (including phenoxy) is 1. The maximum absolute atomic E-state index is 12.0. The third kappa shape index (κ3) is 2.35. The lowest BCUT2D eigenvalue weighted by atomic mass is 10.1. The van der Waals surface area contributed by atoms with Crippen molar-refractivity contribution < 1.29 is 9.13 Å². The molecule has 0 saturated heterocycles. The molecule has 84 valence electrons. The fourth-order valence-electron chi connectivity index (χ4n) is 1.56. The molecule has 2 rings (SSSR count). The van der Waals surface area contributed by atoms with E-state index in [0.29, 0.717) is 13.0 Å². The lowest BCUT2D eigenvalue weighted by Gasteiger charge is -2.09. The summed E-state index contributed by atoms with van der Waals surface area (Å²) in [6, 6.07) is 12.0. The predicted molar refractivity (Wildman–Crippen MR) is 67.7 cm³/mol. The van der Waals surface area contributed by atoms with Gasteiger partial charge in [0.25, 0.3) is 0 Å². The molecule has 16 heavy (non-hydrogen) atoms. The molecule has 3 heteroatoms. The number of hydrogen-bond acceptors (Lipinski definition) is 1. The number of rotatable bonds is 4. The van der Waals surface area contributed by atoms with Gasteiger partial charge in [-0.25, -0.2) is 0 Å². The fourth-order valence-corrected chi connectivity index (χ4v) is 2.17. The van der Waals surface area contributed by atoms with Crippen LogP contribution >= 0.6 is 15.9 Å². The molecule has 0 aliphatic heterocycles. The second-order valence-corrected chi connectivity index (χ2v) is 4.28. The zero-order valence-electron chi connectivity index (χ0n) is 8.75. The Bertz CT molecular complexity index is 484. The summed E-state index contributed by atoms with van der Waals surface area (Å²) in [4.78, 5) is 0. The molecule has 0 atom stereocenters. The SMILES string of the molecule is FCCCOc1ccc2ccccc2c1Br. The minimum absolute atomic E-state index is 0.342. The van der Waals surface area contributed by atoms with Gasteiger partial charge in [0.1, 0.15) is 5.75 Å². The van der Waals surface area contributed by atoms with E-state index in [4.69, 9.17) is 4.74 Å². The number of hydrogen-bond donors (Lipinski definition) is 0. The molecule has 0 aromatic heterocycles. The maximum atomic E-state index is 12.0. The molecule has 0 heterocycles. The highest BCUT2D eigenvalue weighted by Crippen LogP contribution is 2.32. The normalized spacial score (nSPS) is 10.6. The lowest BCUT2D eigenvalue weighted by molar-refractivity contribution is 0.288. The summed E-state index contributed by atoms with van der Waals surface area (Å²) in [6.45, 7) is 0.0681. The Kier molecular flexibility index (Phi) is 3.78. The van der Waals surface area contributed by atoms with Crippen LogP contribution in [0.3, 0.4) is 0 Å². The summed E-state index contributed by atoms with van der Waals surface area (Å²) in [5.74, 6) is 0.771. The Morgan fingerprint density at radius 2 is 1.94 bits per heavy atom. The van der Waals surface area contributed by atoms with Crippen LogP contribution in [0.5, 0.6) is 5.75 Å². The van der Waals surface area contributed by atoms with E-state index in [1.54, 1.807) is 0 Å². The molecule has 0 fully saturated rings. The predicted octanol–water partition coefficient (Wildman–Crippen LogP) is 4.34. The van der Waals surface area contributed by atoms with Gasteiger partial charge in [0.15, 0.2) is 0 Å². The van der Waals surface area contributed by atoms with E-state index in [0.717, 1.165) is 21.0 Å². The minimum Gasteiger partial charge on any atom is -0.492 e. The van der Waals surface area contributed by atoms with Crippen molar-refractivity contribution in [1.82, 2.24) is 0 Å². The largest absolute Gasteiger partial charge is 0.492 e. The van der Waals surface area contributed by atoms with Gasteiger partial charge in [-0.2, -0.15) is 0 Å². The first kappa shape index (κ1) is 11.4. The van der Waals surface area contributed by atoms with Crippen LogP contribution in [0.25, 0.3) is 10.8 Å². The van der Waals surface area contributed by atoms with Crippen LogP contribution < -0.4 is 4.74 Å². The van der Waals surface area contributed by atoms with Gasteiger partial charge in [-0.15, -0.1) is 0 Å². The van der Waals surface area contributed by atoms with Crippen LogP contribution in [-0.2, 0) is 0 Å². The van der Waals surface area contributed by atoms with Crippen molar-refractivity contribution in [3.05, 3.63) is 40.9 Å². The number of halogens is 2. The van der Waals surface area contributed by atoms with Crippen LogP contribution in [0.1, 0.15) is 6.42 Å². The van der Waals surface area contributed by atoms with Gasteiger partial charge in [0, 0.05) is 6.42 Å². The maximum Gasteiger partial charge on any atom is 0.134 e. The molecule has 1 nitrogen and oxygen atoms in total. The van der Waals surface area contributed by atoms with Crippen molar-refractivity contribution in [2.75, 3.05) is 13.3 Å². The van der Waals surface area contributed by atoms with Crippen molar-refractivity contribution >= 4 is 26.7 Å². The summed E-state index contributed by atoms with van der Waals surface area (Å²) in [5.41, 5.74) is 0. The molecule has 2 aromatic rings. The molecule has 0 N–H and O–H groups in total. The van der Waals surface area contributed by atoms with Crippen molar-refractivity contribution in [2.45, 2.75) is 6.42 Å². The van der Waals surface area contributed by atoms with Gasteiger partial charge in [0.05, 0.1) is 17.8 Å². The number of benzene rings is 2. The third-order valence-corrected chi connectivity index (χ3v) is 3.18. The molecular formula is C13H12BrFO. The van der Waals surface area contributed by atoms with E-state index in [2.05, 4.69) is 15.9 Å². The second kappa shape index (κ2) is 5.30. The van der Waals surface area contributed by atoms with E-state index in [1.165, 1.54) is 0 Å². The Labute approximate surface area is 102 Å². The second-order valence-electron chi connectivity index (χ2n) is 3.49. The quantitative estimate of drug-likeness (QED) is 0.758. The zero-order valence-corrected chi connectivity index (χ0v) is 10.3. The Hall–Kier alpha value is -1.09. The van der Waals surface area contributed by atoms with Crippen molar-refractivity contribution in [1.29, 1.82) is 0 Å². The van der Waals surface area contributed by atoms with Crippen LogP contribution in [0.15, 0.2) is 40.9 Å². The Morgan fingerprint density at radius 3 is 2.75 bits per heavy atom. The van der Waals surface area contributed by atoms with E-state index >= 15 is 0 Å². The summed E-state index contributed by atoms with van der Waals surface area (Å²) in [5, 5.41) is 2.27. The van der Waals surface area contributed by atoms with Crippen molar-refractivity contribution in [3.63, 3.8) is 0 Å². The first-order valence-electron chi connectivity index (χ1n) is 5.19.